The van der Waals surface area contributed by atoms with Gasteiger partial charge in [-0.3, -0.25) is 4.79 Å². The molecule has 0 fully saturated rings. The van der Waals surface area contributed by atoms with Crippen molar-refractivity contribution >= 4 is 16.6 Å². The van der Waals surface area contributed by atoms with Crippen molar-refractivity contribution < 1.29 is 4.79 Å². The number of rotatable bonds is 3. The summed E-state index contributed by atoms with van der Waals surface area (Å²) < 4.78 is 0. The maximum Gasteiger partial charge on any atom is 0.162 e. The zero-order valence-corrected chi connectivity index (χ0v) is 8.86. The van der Waals surface area contributed by atoms with Gasteiger partial charge in [0.05, 0.1) is 0 Å². The minimum absolute atomic E-state index is 0.239. The van der Waals surface area contributed by atoms with E-state index in [9.17, 15) is 4.79 Å². The van der Waals surface area contributed by atoms with Gasteiger partial charge in [-0.05, 0) is 23.3 Å². The molecular weight excluding hydrogens is 184 g/mol. The molecule has 0 amide bonds. The number of hydrogen-bond donors (Lipinski definition) is 0. The topological polar surface area (TPSA) is 17.1 Å². The molecule has 2 rings (SSSR count). The van der Waals surface area contributed by atoms with Crippen LogP contribution in [-0.4, -0.2) is 5.78 Å². The van der Waals surface area contributed by atoms with Crippen molar-refractivity contribution in [1.82, 2.24) is 0 Å². The van der Waals surface area contributed by atoms with E-state index < -0.39 is 0 Å². The number of Topliss-reactive ketones (excluding diaryl/α,β-unsaturated/α-hetero) is 1. The van der Waals surface area contributed by atoms with E-state index >= 15 is 0 Å². The molecule has 0 heterocycles. The lowest BCUT2D eigenvalue weighted by molar-refractivity contribution is 0.0982. The van der Waals surface area contributed by atoms with Gasteiger partial charge in [-0.1, -0.05) is 43.3 Å². The zero-order chi connectivity index (χ0) is 10.7. The second kappa shape index (κ2) is 4.26. The van der Waals surface area contributed by atoms with Crippen molar-refractivity contribution in [2.75, 3.05) is 0 Å². The van der Waals surface area contributed by atoms with Crippen molar-refractivity contribution in [3.63, 3.8) is 0 Å². The summed E-state index contributed by atoms with van der Waals surface area (Å²) in [5.74, 6) is 0.239. The van der Waals surface area contributed by atoms with Crippen LogP contribution >= 0.6 is 0 Å². The molecule has 2 aromatic rings. The first-order valence-electron chi connectivity index (χ1n) is 5.33. The highest BCUT2D eigenvalue weighted by atomic mass is 16.1. The van der Waals surface area contributed by atoms with E-state index in [1.165, 1.54) is 5.39 Å². The molecule has 1 nitrogen and oxygen atoms in total. The van der Waals surface area contributed by atoms with Crippen molar-refractivity contribution in [3.05, 3.63) is 48.0 Å². The third kappa shape index (κ3) is 2.07. The van der Waals surface area contributed by atoms with E-state index in [0.717, 1.165) is 17.4 Å². The normalized spacial score (nSPS) is 10.5. The lowest BCUT2D eigenvalue weighted by Gasteiger charge is -2.01. The van der Waals surface area contributed by atoms with E-state index in [4.69, 9.17) is 0 Å². The van der Waals surface area contributed by atoms with Crippen LogP contribution in [0.25, 0.3) is 10.8 Å². The molecule has 0 aliphatic heterocycles. The molecule has 0 aliphatic carbocycles. The molecule has 0 radical (unpaired) electrons. The molecule has 0 bridgehead atoms. The number of carbonyl (C=O) groups excluding carboxylic acids is 1. The van der Waals surface area contributed by atoms with Gasteiger partial charge in [0.1, 0.15) is 0 Å². The first kappa shape index (κ1) is 9.91. The average Bonchev–Trinajstić information content (AvgIpc) is 2.29. The van der Waals surface area contributed by atoms with Gasteiger partial charge >= 0.3 is 0 Å². The molecule has 0 aliphatic rings. The summed E-state index contributed by atoms with van der Waals surface area (Å²) in [5, 5.41) is 2.32. The molecule has 1 heteroatoms. The number of benzene rings is 2. The quantitative estimate of drug-likeness (QED) is 0.685. The molecule has 0 spiro atoms. The number of fused-ring (bicyclic) bond motifs is 1. The molecular formula is C14H14O. The molecule has 0 aromatic heterocycles. The fourth-order valence-corrected chi connectivity index (χ4v) is 1.73. The Morgan fingerprint density at radius 3 is 2.53 bits per heavy atom. The smallest absolute Gasteiger partial charge is 0.162 e. The van der Waals surface area contributed by atoms with Gasteiger partial charge in [-0.25, -0.2) is 0 Å². The molecule has 76 valence electrons. The van der Waals surface area contributed by atoms with Gasteiger partial charge < -0.3 is 0 Å². The largest absolute Gasteiger partial charge is 0.294 e. The molecule has 15 heavy (non-hydrogen) atoms. The lowest BCUT2D eigenvalue weighted by Crippen LogP contribution is -1.97. The van der Waals surface area contributed by atoms with E-state index in [-0.39, 0.29) is 5.78 Å². The van der Waals surface area contributed by atoms with Gasteiger partial charge in [0.15, 0.2) is 5.78 Å². The Morgan fingerprint density at radius 2 is 1.80 bits per heavy atom. The molecule has 2 aromatic carbocycles. The molecule has 0 N–H and O–H groups in total. The number of hydrogen-bond acceptors (Lipinski definition) is 1. The van der Waals surface area contributed by atoms with Crippen molar-refractivity contribution in [2.24, 2.45) is 0 Å². The van der Waals surface area contributed by atoms with Crippen LogP contribution in [0.4, 0.5) is 0 Å². The Balaban J connectivity index is 2.42. The fraction of sp³-hybridized carbons (Fsp3) is 0.214. The predicted octanol–water partition coefficient (Wildman–Crippen LogP) is 3.82. The van der Waals surface area contributed by atoms with Crippen LogP contribution < -0.4 is 0 Å². The summed E-state index contributed by atoms with van der Waals surface area (Å²) >= 11 is 0. The molecule has 0 saturated carbocycles. The Hall–Kier alpha value is -1.63. The Labute approximate surface area is 89.7 Å². The first-order valence-corrected chi connectivity index (χ1v) is 5.33. The highest BCUT2D eigenvalue weighted by molar-refractivity contribution is 5.99. The summed E-state index contributed by atoms with van der Waals surface area (Å²) in [6.07, 6.45) is 1.55. The van der Waals surface area contributed by atoms with E-state index in [0.29, 0.717) is 6.42 Å². The third-order valence-corrected chi connectivity index (χ3v) is 2.55. The van der Waals surface area contributed by atoms with E-state index in [2.05, 4.69) is 6.07 Å². The number of carbonyl (C=O) groups is 1. The fourth-order valence-electron chi connectivity index (χ4n) is 1.73. The second-order valence-electron chi connectivity index (χ2n) is 3.74. The van der Waals surface area contributed by atoms with Gasteiger partial charge in [-0.2, -0.15) is 0 Å². The minimum atomic E-state index is 0.239. The monoisotopic (exact) mass is 198 g/mol. The second-order valence-corrected chi connectivity index (χ2v) is 3.74. The maximum absolute atomic E-state index is 11.7. The third-order valence-electron chi connectivity index (χ3n) is 2.55. The lowest BCUT2D eigenvalue weighted by atomic mass is 10.0. The van der Waals surface area contributed by atoms with Crippen molar-refractivity contribution in [1.29, 1.82) is 0 Å². The van der Waals surface area contributed by atoms with Crippen LogP contribution in [-0.2, 0) is 0 Å². The van der Waals surface area contributed by atoms with Crippen molar-refractivity contribution in [2.45, 2.75) is 19.8 Å². The number of ketones is 1. The first-order chi connectivity index (χ1) is 7.31. The summed E-state index contributed by atoms with van der Waals surface area (Å²) in [7, 11) is 0. The van der Waals surface area contributed by atoms with Gasteiger partial charge in [-0.15, -0.1) is 0 Å². The average molecular weight is 198 g/mol. The summed E-state index contributed by atoms with van der Waals surface area (Å²) in [6.45, 7) is 2.03. The standard InChI is InChI=1S/C14H14O/c1-2-5-14(15)13-9-8-11-6-3-4-7-12(11)10-13/h3-4,6-10H,2,5H2,1H3. The van der Waals surface area contributed by atoms with Crippen LogP contribution in [0.15, 0.2) is 42.5 Å². The van der Waals surface area contributed by atoms with E-state index in [1.807, 2.05) is 43.3 Å². The van der Waals surface area contributed by atoms with Gasteiger partial charge in [0.25, 0.3) is 0 Å². The predicted molar refractivity (Wildman–Crippen MR) is 63.2 cm³/mol. The van der Waals surface area contributed by atoms with Crippen LogP contribution in [0.1, 0.15) is 30.1 Å². The molecule has 0 saturated heterocycles. The summed E-state index contributed by atoms with van der Waals surface area (Å²) in [6, 6.07) is 14.0. The van der Waals surface area contributed by atoms with Crippen LogP contribution in [0.3, 0.4) is 0 Å². The maximum atomic E-state index is 11.7. The van der Waals surface area contributed by atoms with Gasteiger partial charge in [0.2, 0.25) is 0 Å². The Bertz CT molecular complexity index is 485. The van der Waals surface area contributed by atoms with Crippen LogP contribution in [0.5, 0.6) is 0 Å². The van der Waals surface area contributed by atoms with Crippen LogP contribution in [0, 0.1) is 0 Å². The molecule has 0 atom stereocenters. The summed E-state index contributed by atoms with van der Waals surface area (Å²) in [4.78, 5) is 11.7. The summed E-state index contributed by atoms with van der Waals surface area (Å²) in [5.41, 5.74) is 0.829. The highest BCUT2D eigenvalue weighted by Crippen LogP contribution is 2.16. The van der Waals surface area contributed by atoms with E-state index in [1.54, 1.807) is 0 Å². The molecule has 0 unspecified atom stereocenters. The Kier molecular flexibility index (Phi) is 2.82. The van der Waals surface area contributed by atoms with Crippen LogP contribution in [0.2, 0.25) is 0 Å². The highest BCUT2D eigenvalue weighted by Gasteiger charge is 2.04. The SMILES string of the molecule is CCCC(=O)c1ccc2ccccc2c1. The zero-order valence-electron chi connectivity index (χ0n) is 8.86. The van der Waals surface area contributed by atoms with Crippen molar-refractivity contribution in [3.8, 4) is 0 Å². The van der Waals surface area contributed by atoms with Gasteiger partial charge in [0, 0.05) is 12.0 Å². The Morgan fingerprint density at radius 1 is 1.07 bits per heavy atom. The minimum Gasteiger partial charge on any atom is -0.294 e.